The molecular weight excluding hydrogens is 1480 g/mol. The van der Waals surface area contributed by atoms with Crippen LogP contribution in [0.5, 0.6) is 0 Å². The molecule has 2 radical (unpaired) electrons. The van der Waals surface area contributed by atoms with Crippen LogP contribution in [0.2, 0.25) is 0 Å². The van der Waals surface area contributed by atoms with Gasteiger partial charge in [-0.25, -0.2) is 41.3 Å². The zero-order chi connectivity index (χ0) is 68.7. The number of isocyanates is 1. The van der Waals surface area contributed by atoms with E-state index < -0.39 is 26.1 Å². The third kappa shape index (κ3) is 17.0. The van der Waals surface area contributed by atoms with Crippen molar-refractivity contribution < 1.29 is 78.0 Å². The largest absolute Gasteiger partial charge is 0.400 e. The van der Waals surface area contributed by atoms with Gasteiger partial charge in [0.15, 0.2) is 0 Å². The fourth-order valence-corrected chi connectivity index (χ4v) is 25.2. The molecule has 12 rings (SSSR count). The summed E-state index contributed by atoms with van der Waals surface area (Å²) in [6, 6.07) is 13.4. The van der Waals surface area contributed by atoms with Gasteiger partial charge in [-0.2, -0.15) is 0 Å². The average Bonchev–Trinajstić information content (AvgIpc) is 1.24. The number of halogens is 1. The zero-order valence-corrected chi connectivity index (χ0v) is 66.1. The Hall–Kier alpha value is -1.80. The number of primary sulfonamides is 1. The van der Waals surface area contributed by atoms with Crippen molar-refractivity contribution in [1.82, 2.24) is 10.0 Å². The van der Waals surface area contributed by atoms with Crippen LogP contribution in [0.1, 0.15) is 252 Å². The van der Waals surface area contributed by atoms with E-state index in [0.29, 0.717) is 101 Å². The molecule has 0 heterocycles. The Morgan fingerprint density at radius 2 is 1.02 bits per heavy atom. The van der Waals surface area contributed by atoms with E-state index in [2.05, 4.69) is 85.7 Å². The van der Waals surface area contributed by atoms with E-state index in [9.17, 15) is 41.7 Å². The Morgan fingerprint density at radius 3 is 1.46 bits per heavy atom. The zero-order valence-electron chi connectivity index (χ0n) is 60.5. The summed E-state index contributed by atoms with van der Waals surface area (Å²) in [7, 11) is -2.76. The SMILES string of the molecule is CC[C@H]1[C@@H](O)[C@@H]2[C@H](CC[C@]3(C)[C@@H]([C@H](C)CN=C=O)CC[C@@H]23)[C@@]2(C)CC[C@@H](C)C[C@@H]12.CC[C@H]1[C@@H](O)[C@@H]2[C@H](CC[C@]3(C)[C@@H]([C@H](C)CNC(=O)NS(=O)(=O)c4ccc(C5CCCCC5)cc4)CC[C@@H]23)[C@@]2(C)CC[C@@H](O)C[C@@H]12.CO.Cl.NS(=O)(=O)c1ccc(C2CCCCC2)cc1.[2H][B].[U]. The number of nitrogens with two attached hydrogens (primary N) is 1. The van der Waals surface area contributed by atoms with Crippen LogP contribution < -0.4 is 15.2 Å². The Balaban J connectivity index is 0.000000244. The van der Waals surface area contributed by atoms with E-state index in [1.54, 1.807) is 30.3 Å². The van der Waals surface area contributed by atoms with Gasteiger partial charge in [0.1, 0.15) is 0 Å². The minimum absolute atomic E-state index is 0. The van der Waals surface area contributed by atoms with E-state index in [1.807, 2.05) is 24.3 Å². The van der Waals surface area contributed by atoms with Crippen molar-refractivity contribution in [1.29, 1.82) is 1.34 Å². The number of aliphatic hydroxyl groups excluding tert-OH is 4. The molecule has 10 aliphatic rings. The van der Waals surface area contributed by atoms with Crippen LogP contribution in [0.4, 0.5) is 4.79 Å². The van der Waals surface area contributed by atoms with Gasteiger partial charge in [0.05, 0.1) is 34.6 Å². The Morgan fingerprint density at radius 1 is 0.611 bits per heavy atom. The number of carbonyl (C=O) groups excluding carboxylic acids is 2. The summed E-state index contributed by atoms with van der Waals surface area (Å²) in [4.78, 5) is 27.8. The van der Waals surface area contributed by atoms with Gasteiger partial charge in [0, 0.05) is 53.1 Å². The normalized spacial score (nSPS) is 38.7. The van der Waals surface area contributed by atoms with E-state index in [1.165, 1.54) is 107 Å². The number of benzene rings is 2. The van der Waals surface area contributed by atoms with Gasteiger partial charge in [-0.15, -0.1) is 12.4 Å². The fraction of sp³-hybridized carbons (Fsp3) is 0.816. The molecule has 0 bridgehead atoms. The molecule has 0 aromatic heterocycles. The third-order valence-corrected chi connectivity index (χ3v) is 30.7. The second-order valence-corrected chi connectivity index (χ2v) is 36.0. The predicted molar refractivity (Wildman–Crippen MR) is 380 cm³/mol. The minimum Gasteiger partial charge on any atom is -0.400 e. The van der Waals surface area contributed by atoms with Crippen LogP contribution in [-0.2, 0) is 24.8 Å². The number of rotatable bonds is 13. The summed E-state index contributed by atoms with van der Waals surface area (Å²) >= 11 is 0. The van der Waals surface area contributed by atoms with E-state index >= 15 is 0 Å². The summed E-state index contributed by atoms with van der Waals surface area (Å²) in [5.74, 6) is 8.38. The molecule has 10 fully saturated rings. The van der Waals surface area contributed by atoms with E-state index in [0.717, 1.165) is 83.7 Å². The molecule has 19 heteroatoms. The number of sulfonamides is 2. The third-order valence-electron chi connectivity index (χ3n) is 28.4. The van der Waals surface area contributed by atoms with Gasteiger partial charge in [-0.1, -0.05) is 144 Å². The second-order valence-electron chi connectivity index (χ2n) is 32.8. The fourth-order valence-electron chi connectivity index (χ4n) is 23.7. The molecule has 10 saturated carbocycles. The second kappa shape index (κ2) is 34.4. The molecular formula is C76H124BClN4O10S2U. The molecule has 14 nitrogen and oxygen atoms in total. The van der Waals surface area contributed by atoms with Gasteiger partial charge in [0.25, 0.3) is 10.0 Å². The Labute approximate surface area is 607 Å². The molecule has 2 aromatic rings. The molecule has 22 atom stereocenters. The molecule has 0 saturated heterocycles. The number of fused-ring (bicyclic) bond motifs is 10. The summed E-state index contributed by atoms with van der Waals surface area (Å²) in [5.41, 5.74) is 3.40. The van der Waals surface area contributed by atoms with Crippen LogP contribution in [-0.4, -0.2) is 97.6 Å². The molecule has 0 unspecified atom stereocenters. The number of amides is 2. The van der Waals surface area contributed by atoms with Crippen LogP contribution in [0.15, 0.2) is 63.3 Å². The van der Waals surface area contributed by atoms with Crippen LogP contribution >= 0.6 is 12.4 Å². The maximum absolute atomic E-state index is 13.0. The van der Waals surface area contributed by atoms with Gasteiger partial charge in [0.2, 0.25) is 16.1 Å². The number of aliphatic imine (C=N–C) groups is 1. The van der Waals surface area contributed by atoms with Crippen LogP contribution in [0.25, 0.3) is 0 Å². The first-order valence-electron chi connectivity index (χ1n) is 37.4. The van der Waals surface area contributed by atoms with Crippen molar-refractivity contribution in [2.45, 2.75) is 269 Å². The maximum atomic E-state index is 13.0. The first-order chi connectivity index (χ1) is 44.7. The Kier molecular flexibility index (Phi) is 29.2. The number of hydrogen-bond acceptors (Lipinski definition) is 11. The number of carbonyl (C=O) groups is 1. The molecule has 2 amide bonds. The Bertz CT molecular complexity index is 3050. The van der Waals surface area contributed by atoms with Gasteiger partial charge >= 0.3 is 6.03 Å². The van der Waals surface area contributed by atoms with E-state index in [4.69, 9.17) is 11.6 Å². The molecule has 95 heavy (non-hydrogen) atoms. The number of urea groups is 1. The maximum Gasteiger partial charge on any atom is 0.328 e. The van der Waals surface area contributed by atoms with E-state index in [-0.39, 0.29) is 100 Å². The number of nitrogens with zero attached hydrogens (tertiary/aromatic N) is 1. The first-order valence-corrected chi connectivity index (χ1v) is 39.8. The van der Waals surface area contributed by atoms with Crippen LogP contribution in [0.3, 0.4) is 0 Å². The average molecular weight is 1600 g/mol. The van der Waals surface area contributed by atoms with Crippen molar-refractivity contribution in [3.8, 4) is 0 Å². The molecule has 0 spiro atoms. The number of aliphatic hydroxyl groups is 4. The summed E-state index contributed by atoms with van der Waals surface area (Å²) in [6.07, 6.45) is 31.7. The standard InChI is InChI=1S/C37H58N2O5S.C26H43NO2.C12H17NO2S.CH4O.BH.ClH.U/c1-5-28-32-21-26(40)17-19-37(32,4)31-18-20-36(3)29(15-16-30(36)33(31)34(28)41)23(2)22-38-35(42)39-45(43,44)27-13-11-25(12-14-27)24-9-7-6-8-10-24;1-6-18-22-13-16(2)9-11-26(22,5)21-10-12-25(4)19(17(3)14-27-15-28)7-8-20(25)23(21)24(18)29;13-16(14,15)12-8-6-11(7-9-12)10-4-2-1-3-5-10;1-2;;;/h11-14,23-24,26,28-34,40-41H,5-10,15-22H2,1-4H3,(H2,38,39,42);16-24,29H,6-14H2,1-5H3;6-10H,1-5H2,(H2,13,14,15);2H,1H3;2*1H;/t23-,26-,28-,29-,30+,31+,32+,33+,34-,36-,37-;16-,17-,18-,19-,20+,21+,22+,23+,24-,25-,26-;;;;;/m11...../s1/i;;;;1D;;. The first kappa shape index (κ1) is 80.5. The molecule has 8 N–H and O–H groups in total. The van der Waals surface area contributed by atoms with Gasteiger partial charge in [-0.3, -0.25) is 0 Å². The van der Waals surface area contributed by atoms with Gasteiger partial charge in [-0.05, 0) is 268 Å². The molecule has 534 valence electrons. The monoisotopic (exact) mass is 1600 g/mol. The summed E-state index contributed by atoms with van der Waals surface area (Å²) in [5, 5.41) is 49.2. The quantitative estimate of drug-likeness (QED) is 0.0568. The molecule has 2 aromatic carbocycles. The number of hydrogen-bond donors (Lipinski definition) is 7. The topological polar surface area (TPSA) is 246 Å². The predicted octanol–water partition coefficient (Wildman–Crippen LogP) is 14.6. The van der Waals surface area contributed by atoms with Crippen molar-refractivity contribution in [2.24, 2.45) is 121 Å². The van der Waals surface area contributed by atoms with Crippen molar-refractivity contribution >= 4 is 52.9 Å². The number of nitrogens with one attached hydrogen (secondary N) is 2. The van der Waals surface area contributed by atoms with Crippen molar-refractivity contribution in [3.63, 3.8) is 0 Å². The molecule has 10 aliphatic carbocycles. The smallest absolute Gasteiger partial charge is 0.328 e. The van der Waals surface area contributed by atoms with Crippen LogP contribution in [0, 0.1) is 142 Å². The minimum atomic E-state index is -3.96. The van der Waals surface area contributed by atoms with Gasteiger partial charge < -0.3 is 25.7 Å². The van der Waals surface area contributed by atoms with Crippen molar-refractivity contribution in [2.75, 3.05) is 20.2 Å². The van der Waals surface area contributed by atoms with Crippen molar-refractivity contribution in [3.05, 3.63) is 59.7 Å². The summed E-state index contributed by atoms with van der Waals surface area (Å²) in [6.45, 7) is 22.5. The molecule has 0 aliphatic heterocycles. The summed E-state index contributed by atoms with van der Waals surface area (Å²) < 4.78 is 55.7.